The number of fused-ring (bicyclic) bond motifs is 1. The minimum atomic E-state index is -3.64. The zero-order valence-electron chi connectivity index (χ0n) is 16.8. The summed E-state index contributed by atoms with van der Waals surface area (Å²) in [4.78, 5) is 16.4. The van der Waals surface area contributed by atoms with Gasteiger partial charge < -0.3 is 14.5 Å². The third-order valence-electron chi connectivity index (χ3n) is 6.14. The van der Waals surface area contributed by atoms with Gasteiger partial charge in [0.2, 0.25) is 10.0 Å². The zero-order chi connectivity index (χ0) is 20.2. The van der Waals surface area contributed by atoms with Crippen LogP contribution in [0, 0.1) is 5.41 Å². The van der Waals surface area contributed by atoms with Crippen molar-refractivity contribution in [3.8, 4) is 5.75 Å². The van der Waals surface area contributed by atoms with Crippen LogP contribution in [0.3, 0.4) is 0 Å². The molecule has 2 aliphatic heterocycles. The van der Waals surface area contributed by atoms with E-state index in [1.807, 2.05) is 0 Å². The summed E-state index contributed by atoms with van der Waals surface area (Å²) in [6, 6.07) is 4.68. The van der Waals surface area contributed by atoms with Crippen molar-refractivity contribution < 1.29 is 17.9 Å². The molecule has 1 saturated heterocycles. The molecule has 0 bridgehead atoms. The smallest absolute Gasteiger partial charge is 0.270 e. The van der Waals surface area contributed by atoms with Crippen LogP contribution in [0.4, 0.5) is 5.69 Å². The first kappa shape index (κ1) is 19.7. The van der Waals surface area contributed by atoms with E-state index in [0.717, 1.165) is 32.5 Å². The van der Waals surface area contributed by atoms with E-state index in [-0.39, 0.29) is 16.2 Å². The average Bonchev–Trinajstić information content (AvgIpc) is 3.21. The first-order valence-corrected chi connectivity index (χ1v) is 11.4. The Balaban J connectivity index is 1.48. The molecule has 28 heavy (non-hydrogen) atoms. The van der Waals surface area contributed by atoms with E-state index >= 15 is 0 Å². The molecule has 1 amide bonds. The minimum absolute atomic E-state index is 0.0801. The number of hydrogen-bond acceptors (Lipinski definition) is 5. The summed E-state index contributed by atoms with van der Waals surface area (Å²) in [5, 5.41) is 0. The number of rotatable bonds is 6. The van der Waals surface area contributed by atoms with Gasteiger partial charge in [-0.3, -0.25) is 4.79 Å². The molecule has 2 heterocycles. The summed E-state index contributed by atoms with van der Waals surface area (Å²) < 4.78 is 34.4. The van der Waals surface area contributed by atoms with Crippen LogP contribution in [-0.4, -0.2) is 58.1 Å². The standard InChI is InChI=1S/C20H29N3O4S/c1-19(2)18(24)22(3)16-7-6-15(12-17(16)27-19)28(25,26)21-13-20(8-9-20)14-23-10-4-5-11-23/h6-7,12,21H,4-5,8-11,13-14H2,1-3H3. The number of nitrogens with one attached hydrogen (secondary N) is 1. The summed E-state index contributed by atoms with van der Waals surface area (Å²) in [5.41, 5.74) is -0.363. The third kappa shape index (κ3) is 3.65. The van der Waals surface area contributed by atoms with Gasteiger partial charge in [-0.05, 0) is 70.2 Å². The predicted molar refractivity (Wildman–Crippen MR) is 107 cm³/mol. The van der Waals surface area contributed by atoms with E-state index in [0.29, 0.717) is 18.0 Å². The molecule has 8 heteroatoms. The highest BCUT2D eigenvalue weighted by Crippen LogP contribution is 2.46. The van der Waals surface area contributed by atoms with Gasteiger partial charge in [0, 0.05) is 26.2 Å². The average molecular weight is 408 g/mol. The number of carbonyl (C=O) groups is 1. The summed E-state index contributed by atoms with van der Waals surface area (Å²) >= 11 is 0. The first-order chi connectivity index (χ1) is 13.1. The second-order valence-corrected chi connectivity index (χ2v) is 10.7. The second-order valence-electron chi connectivity index (χ2n) is 8.91. The summed E-state index contributed by atoms with van der Waals surface area (Å²) in [6.45, 7) is 7.06. The fourth-order valence-corrected chi connectivity index (χ4v) is 5.34. The summed E-state index contributed by atoms with van der Waals surface area (Å²) in [6.07, 6.45) is 4.62. The molecule has 1 aliphatic carbocycles. The van der Waals surface area contributed by atoms with Gasteiger partial charge in [0.1, 0.15) is 5.75 Å². The Morgan fingerprint density at radius 3 is 2.50 bits per heavy atom. The molecule has 1 aromatic carbocycles. The fraction of sp³-hybridized carbons (Fsp3) is 0.650. The van der Waals surface area contributed by atoms with Crippen LogP contribution in [-0.2, 0) is 14.8 Å². The lowest BCUT2D eigenvalue weighted by molar-refractivity contribution is -0.132. The Labute approximate surface area is 167 Å². The van der Waals surface area contributed by atoms with Gasteiger partial charge in [0.05, 0.1) is 10.6 Å². The maximum atomic E-state index is 12.9. The van der Waals surface area contributed by atoms with Crippen LogP contribution in [0.1, 0.15) is 39.5 Å². The molecular formula is C20H29N3O4S. The van der Waals surface area contributed by atoms with E-state index in [4.69, 9.17) is 4.74 Å². The van der Waals surface area contributed by atoms with Gasteiger partial charge in [-0.25, -0.2) is 13.1 Å². The third-order valence-corrected chi connectivity index (χ3v) is 7.54. The zero-order valence-corrected chi connectivity index (χ0v) is 17.6. The number of anilines is 1. The van der Waals surface area contributed by atoms with Gasteiger partial charge in [-0.2, -0.15) is 0 Å². The van der Waals surface area contributed by atoms with Gasteiger partial charge in [0.25, 0.3) is 5.91 Å². The SMILES string of the molecule is CN1C(=O)C(C)(C)Oc2cc(S(=O)(=O)NCC3(CN4CCCC4)CC3)ccc21. The number of sulfonamides is 1. The maximum absolute atomic E-state index is 12.9. The van der Waals surface area contributed by atoms with Crippen LogP contribution >= 0.6 is 0 Å². The monoisotopic (exact) mass is 407 g/mol. The maximum Gasteiger partial charge on any atom is 0.270 e. The molecule has 7 nitrogen and oxygen atoms in total. The Bertz CT molecular complexity index is 887. The van der Waals surface area contributed by atoms with Gasteiger partial charge in [-0.1, -0.05) is 0 Å². The molecule has 0 radical (unpaired) electrons. The topological polar surface area (TPSA) is 78.9 Å². The fourth-order valence-electron chi connectivity index (χ4n) is 4.17. The number of likely N-dealkylation sites (tertiary alicyclic amines) is 1. The number of likely N-dealkylation sites (N-methyl/N-ethyl adjacent to an activating group) is 1. The number of ether oxygens (including phenoxy) is 1. The molecule has 2 fully saturated rings. The highest BCUT2D eigenvalue weighted by atomic mass is 32.2. The quantitative estimate of drug-likeness (QED) is 0.780. The number of hydrogen-bond donors (Lipinski definition) is 1. The van der Waals surface area contributed by atoms with E-state index in [1.54, 1.807) is 27.0 Å². The van der Waals surface area contributed by atoms with E-state index in [2.05, 4.69) is 9.62 Å². The lowest BCUT2D eigenvalue weighted by Gasteiger charge is -2.37. The highest BCUT2D eigenvalue weighted by molar-refractivity contribution is 7.89. The number of amides is 1. The molecule has 0 aromatic heterocycles. The van der Waals surface area contributed by atoms with Gasteiger partial charge in [0.15, 0.2) is 5.60 Å². The predicted octanol–water partition coefficient (Wildman–Crippen LogP) is 1.97. The van der Waals surface area contributed by atoms with Crippen LogP contribution in [0.25, 0.3) is 0 Å². The van der Waals surface area contributed by atoms with Crippen LogP contribution in [0.5, 0.6) is 5.75 Å². The lowest BCUT2D eigenvalue weighted by atomic mass is 10.0. The van der Waals surface area contributed by atoms with Gasteiger partial charge in [-0.15, -0.1) is 0 Å². The molecule has 154 valence electrons. The molecule has 1 saturated carbocycles. The largest absolute Gasteiger partial charge is 0.476 e. The minimum Gasteiger partial charge on any atom is -0.476 e. The van der Waals surface area contributed by atoms with E-state index < -0.39 is 15.6 Å². The van der Waals surface area contributed by atoms with Crippen LogP contribution in [0.15, 0.2) is 23.1 Å². The van der Waals surface area contributed by atoms with Crippen molar-refractivity contribution in [2.24, 2.45) is 5.41 Å². The number of nitrogens with zero attached hydrogens (tertiary/aromatic N) is 2. The first-order valence-electron chi connectivity index (χ1n) is 9.95. The molecule has 4 rings (SSSR count). The Kier molecular flexibility index (Phi) is 4.71. The summed E-state index contributed by atoms with van der Waals surface area (Å²) in [5.74, 6) is 0.250. The molecular weight excluding hydrogens is 378 g/mol. The van der Waals surface area contributed by atoms with Crippen molar-refractivity contribution in [2.45, 2.75) is 50.0 Å². The van der Waals surface area contributed by atoms with E-state index in [9.17, 15) is 13.2 Å². The van der Waals surface area contributed by atoms with Crippen LogP contribution < -0.4 is 14.4 Å². The molecule has 3 aliphatic rings. The highest BCUT2D eigenvalue weighted by Gasteiger charge is 2.45. The lowest BCUT2D eigenvalue weighted by Crippen LogP contribution is -2.50. The normalized spacial score (nSPS) is 23.4. The Morgan fingerprint density at radius 1 is 1.18 bits per heavy atom. The second kappa shape index (κ2) is 6.71. The van der Waals surface area contributed by atoms with Crippen LogP contribution in [0.2, 0.25) is 0 Å². The molecule has 0 spiro atoms. The molecule has 1 N–H and O–H groups in total. The number of benzene rings is 1. The molecule has 1 aromatic rings. The Hall–Kier alpha value is -1.64. The van der Waals surface area contributed by atoms with Crippen molar-refractivity contribution in [3.63, 3.8) is 0 Å². The summed E-state index contributed by atoms with van der Waals surface area (Å²) in [7, 11) is -1.97. The Morgan fingerprint density at radius 2 is 1.86 bits per heavy atom. The van der Waals surface area contributed by atoms with Crippen molar-refractivity contribution in [2.75, 3.05) is 38.1 Å². The van der Waals surface area contributed by atoms with E-state index in [1.165, 1.54) is 29.9 Å². The van der Waals surface area contributed by atoms with Crippen molar-refractivity contribution in [3.05, 3.63) is 18.2 Å². The molecule has 0 unspecified atom stereocenters. The van der Waals surface area contributed by atoms with Gasteiger partial charge >= 0.3 is 0 Å². The van der Waals surface area contributed by atoms with Crippen molar-refractivity contribution in [1.82, 2.24) is 9.62 Å². The molecule has 0 atom stereocenters. The number of carbonyl (C=O) groups excluding carboxylic acids is 1. The van der Waals surface area contributed by atoms with Crippen molar-refractivity contribution >= 4 is 21.6 Å². The van der Waals surface area contributed by atoms with Crippen molar-refractivity contribution in [1.29, 1.82) is 0 Å².